The first-order valence-corrected chi connectivity index (χ1v) is 8.04. The minimum Gasteiger partial charge on any atom is -0.353 e. The van der Waals surface area contributed by atoms with Gasteiger partial charge in [0.1, 0.15) is 16.0 Å². The summed E-state index contributed by atoms with van der Waals surface area (Å²) < 4.78 is 13.8. The zero-order valence-electron chi connectivity index (χ0n) is 13.0. The zero-order valence-corrected chi connectivity index (χ0v) is 14.6. The summed E-state index contributed by atoms with van der Waals surface area (Å²) in [6.45, 7) is 1.15. The Hall–Kier alpha value is -2.00. The van der Waals surface area contributed by atoms with Crippen LogP contribution in [0.1, 0.15) is 25.0 Å². The summed E-state index contributed by atoms with van der Waals surface area (Å²) in [4.78, 5) is 24.7. The van der Waals surface area contributed by atoms with Gasteiger partial charge in [0, 0.05) is 13.7 Å². The quantitative estimate of drug-likeness (QED) is 0.762. The van der Waals surface area contributed by atoms with Crippen molar-refractivity contribution >= 4 is 22.1 Å². The van der Waals surface area contributed by atoms with Gasteiger partial charge in [-0.2, -0.15) is 9.59 Å². The fourth-order valence-corrected chi connectivity index (χ4v) is 2.39. The van der Waals surface area contributed by atoms with E-state index in [4.69, 9.17) is 19.1 Å². The molecule has 24 heavy (non-hydrogen) atoms. The van der Waals surface area contributed by atoms with E-state index in [9.17, 15) is 0 Å². The lowest BCUT2D eigenvalue weighted by Crippen LogP contribution is -2.22. The number of nitrogens with zero attached hydrogens (tertiary/aromatic N) is 5. The summed E-state index contributed by atoms with van der Waals surface area (Å²) in [5.41, 5.74) is 2.23. The van der Waals surface area contributed by atoms with Gasteiger partial charge in [0.2, 0.25) is 0 Å². The first-order valence-electron chi connectivity index (χ1n) is 7.24. The van der Waals surface area contributed by atoms with E-state index in [1.165, 1.54) is 0 Å². The molecule has 3 heterocycles. The Morgan fingerprint density at radius 3 is 2.79 bits per heavy atom. The minimum atomic E-state index is -0.141. The van der Waals surface area contributed by atoms with Gasteiger partial charge in [-0.15, -0.1) is 5.10 Å². The maximum atomic E-state index is 8.12. The number of carbonyl (C=O) groups excluding carboxylic acids is 2. The van der Waals surface area contributed by atoms with Gasteiger partial charge in [0.25, 0.3) is 0 Å². The monoisotopic (exact) mass is 397 g/mol. The molecular formula is C14H16BrN5O4. The summed E-state index contributed by atoms with van der Waals surface area (Å²) in [7, 11) is 1.84. The lowest BCUT2D eigenvalue weighted by atomic mass is 10.2. The number of hydrogen-bond donors (Lipinski definition) is 0. The number of aryl methyl sites for hydroxylation is 1. The number of halogens is 1. The third kappa shape index (κ3) is 5.00. The summed E-state index contributed by atoms with van der Waals surface area (Å²) >= 11 is 3.27. The third-order valence-corrected chi connectivity index (χ3v) is 3.76. The average Bonchev–Trinajstić information content (AvgIpc) is 2.96. The highest BCUT2D eigenvalue weighted by molar-refractivity contribution is 9.10. The van der Waals surface area contributed by atoms with Crippen LogP contribution in [0, 0.1) is 0 Å². The summed E-state index contributed by atoms with van der Waals surface area (Å²) in [5.74, 6) is 0. The van der Waals surface area contributed by atoms with Crippen LogP contribution < -0.4 is 0 Å². The molecule has 0 saturated carbocycles. The Morgan fingerprint density at radius 2 is 2.17 bits per heavy atom. The molecule has 0 bridgehead atoms. The maximum Gasteiger partial charge on any atom is 0.373 e. The van der Waals surface area contributed by atoms with Gasteiger partial charge in [0.15, 0.2) is 6.29 Å². The van der Waals surface area contributed by atoms with Crippen LogP contribution in [0.4, 0.5) is 0 Å². The molecule has 9 nitrogen and oxygen atoms in total. The van der Waals surface area contributed by atoms with Crippen LogP contribution in [0.15, 0.2) is 17.0 Å². The molecule has 0 N–H and O–H groups in total. The van der Waals surface area contributed by atoms with E-state index in [2.05, 4.69) is 36.2 Å². The van der Waals surface area contributed by atoms with E-state index < -0.39 is 0 Å². The van der Waals surface area contributed by atoms with Gasteiger partial charge in [-0.05, 0) is 35.2 Å². The van der Waals surface area contributed by atoms with Crippen LogP contribution in [0.2, 0.25) is 0 Å². The van der Waals surface area contributed by atoms with Crippen molar-refractivity contribution < 1.29 is 19.1 Å². The molecule has 10 heteroatoms. The predicted octanol–water partition coefficient (Wildman–Crippen LogP) is 1.49. The van der Waals surface area contributed by atoms with E-state index in [1.807, 2.05) is 7.05 Å². The van der Waals surface area contributed by atoms with Crippen LogP contribution in [-0.4, -0.2) is 44.0 Å². The zero-order chi connectivity index (χ0) is 17.4. The van der Waals surface area contributed by atoms with E-state index in [0.717, 1.165) is 31.6 Å². The lowest BCUT2D eigenvalue weighted by molar-refractivity contribution is -0.191. The fraction of sp³-hybridized carbons (Fsp3) is 0.500. The largest absolute Gasteiger partial charge is 0.373 e. The third-order valence-electron chi connectivity index (χ3n) is 3.35. The second kappa shape index (κ2) is 9.33. The molecule has 0 aliphatic carbocycles. The van der Waals surface area contributed by atoms with E-state index in [-0.39, 0.29) is 12.4 Å². The smallest absolute Gasteiger partial charge is 0.353 e. The molecule has 1 atom stereocenters. The van der Waals surface area contributed by atoms with Crippen LogP contribution in [0.5, 0.6) is 0 Å². The minimum absolute atomic E-state index is 0.141. The highest BCUT2D eigenvalue weighted by Crippen LogP contribution is 2.21. The highest BCUT2D eigenvalue weighted by atomic mass is 79.9. The van der Waals surface area contributed by atoms with Crippen molar-refractivity contribution in [3.8, 4) is 11.4 Å². The van der Waals surface area contributed by atoms with E-state index in [0.29, 0.717) is 22.6 Å². The first kappa shape index (κ1) is 18.3. The Morgan fingerprint density at radius 1 is 1.38 bits per heavy atom. The highest BCUT2D eigenvalue weighted by Gasteiger charge is 2.19. The molecule has 1 aliphatic heterocycles. The van der Waals surface area contributed by atoms with Crippen LogP contribution >= 0.6 is 15.9 Å². The van der Waals surface area contributed by atoms with Gasteiger partial charge < -0.3 is 9.47 Å². The van der Waals surface area contributed by atoms with E-state index >= 15 is 0 Å². The van der Waals surface area contributed by atoms with Gasteiger partial charge in [-0.25, -0.2) is 9.67 Å². The Bertz CT molecular complexity index is 679. The Labute approximate surface area is 146 Å². The molecule has 1 unspecified atom stereocenters. The van der Waals surface area contributed by atoms with Gasteiger partial charge in [0.05, 0.1) is 24.7 Å². The molecule has 0 spiro atoms. The fourth-order valence-electron chi connectivity index (χ4n) is 2.19. The molecule has 1 saturated heterocycles. The molecule has 0 amide bonds. The summed E-state index contributed by atoms with van der Waals surface area (Å²) in [6, 6.07) is 0. The lowest BCUT2D eigenvalue weighted by Gasteiger charge is -2.22. The maximum absolute atomic E-state index is 8.12. The molecule has 1 fully saturated rings. The first-order chi connectivity index (χ1) is 11.7. The van der Waals surface area contributed by atoms with Gasteiger partial charge >= 0.3 is 6.15 Å². The molecular weight excluding hydrogens is 382 g/mol. The number of aromatic nitrogens is 5. The van der Waals surface area contributed by atoms with E-state index in [1.54, 1.807) is 17.1 Å². The number of rotatable bonds is 4. The predicted molar refractivity (Wildman–Crippen MR) is 83.1 cm³/mol. The molecule has 0 radical (unpaired) electrons. The van der Waals surface area contributed by atoms with Crippen molar-refractivity contribution in [1.29, 1.82) is 0 Å². The van der Waals surface area contributed by atoms with Crippen molar-refractivity contribution in [3.63, 3.8) is 0 Å². The number of ether oxygens (including phenoxy) is 2. The topological polar surface area (TPSA) is 109 Å². The van der Waals surface area contributed by atoms with Gasteiger partial charge in [-0.3, -0.25) is 4.98 Å². The normalized spacial score (nSPS) is 16.8. The van der Waals surface area contributed by atoms with Crippen LogP contribution in [-0.2, 0) is 32.7 Å². The second-order valence-electron chi connectivity index (χ2n) is 4.92. The van der Waals surface area contributed by atoms with Crippen LogP contribution in [0.3, 0.4) is 0 Å². The Kier molecular flexibility index (Phi) is 7.13. The van der Waals surface area contributed by atoms with Gasteiger partial charge in [-0.1, -0.05) is 5.21 Å². The molecule has 2 aromatic heterocycles. The Balaban J connectivity index is 0.000000647. The second-order valence-corrected chi connectivity index (χ2v) is 5.74. The SMILES string of the molecule is Cn1nnc(-c2cnc(Br)cn2)c1COC1CCCCO1.O=C=O. The van der Waals surface area contributed by atoms with Crippen molar-refractivity contribution in [3.05, 3.63) is 22.7 Å². The molecule has 128 valence electrons. The van der Waals surface area contributed by atoms with Crippen molar-refractivity contribution in [2.24, 2.45) is 7.05 Å². The molecule has 2 aromatic rings. The average molecular weight is 398 g/mol. The van der Waals surface area contributed by atoms with Crippen molar-refractivity contribution in [1.82, 2.24) is 25.0 Å². The molecule has 0 aromatic carbocycles. The van der Waals surface area contributed by atoms with Crippen molar-refractivity contribution in [2.75, 3.05) is 6.61 Å². The van der Waals surface area contributed by atoms with Crippen LogP contribution in [0.25, 0.3) is 11.4 Å². The molecule has 1 aliphatic rings. The standard InChI is InChI=1S/C13H16BrN5O2.CO2/c1-19-10(8-21-12-4-2-3-5-20-12)13(17-18-19)9-6-16-11(14)7-15-9;2-1-3/h6-7,12H,2-5,8H2,1H3;. The number of hydrogen-bond acceptors (Lipinski definition) is 8. The summed E-state index contributed by atoms with van der Waals surface area (Å²) in [5, 5.41) is 8.20. The van der Waals surface area contributed by atoms with Crippen molar-refractivity contribution in [2.45, 2.75) is 32.2 Å². The summed E-state index contributed by atoms with van der Waals surface area (Å²) in [6.07, 6.45) is 6.58. The molecule has 3 rings (SSSR count).